The molecule has 4 heteroatoms. The van der Waals surface area contributed by atoms with Gasteiger partial charge < -0.3 is 4.74 Å². The minimum Gasteiger partial charge on any atom is -0.468 e. The Morgan fingerprint density at radius 2 is 2.27 bits per heavy atom. The van der Waals surface area contributed by atoms with Crippen LogP contribution < -0.4 is 0 Å². The second-order valence-electron chi connectivity index (χ2n) is 3.74. The van der Waals surface area contributed by atoms with E-state index in [1.165, 1.54) is 14.0 Å². The van der Waals surface area contributed by atoms with Crippen molar-refractivity contribution in [3.8, 4) is 0 Å². The Hall–Kier alpha value is -0.640. The number of methoxy groups -OCH3 is 1. The molecule has 0 aliphatic heterocycles. The van der Waals surface area contributed by atoms with E-state index >= 15 is 0 Å². The van der Waals surface area contributed by atoms with Gasteiger partial charge in [-0.05, 0) is 30.7 Å². The van der Waals surface area contributed by atoms with Crippen molar-refractivity contribution in [1.29, 1.82) is 0 Å². The smallest absolute Gasteiger partial charge is 0.316 e. The number of halogens is 1. The average molecular weight is 275 g/mol. The number of esters is 1. The number of ether oxygens (including phenoxy) is 1. The van der Waals surface area contributed by atoms with Crippen molar-refractivity contribution in [2.45, 2.75) is 26.2 Å². The Kier molecular flexibility index (Phi) is 4.51. The van der Waals surface area contributed by atoms with Gasteiger partial charge in [-0.3, -0.25) is 9.59 Å². The SMILES string of the molecule is COC(=O)C(C(C)=O)C1CCCC=C1Br. The summed E-state index contributed by atoms with van der Waals surface area (Å²) in [5.74, 6) is -1.25. The van der Waals surface area contributed by atoms with Gasteiger partial charge in [-0.2, -0.15) is 0 Å². The number of hydrogen-bond donors (Lipinski definition) is 0. The Bertz CT molecular complexity index is 296. The van der Waals surface area contributed by atoms with Crippen LogP contribution in [0.25, 0.3) is 0 Å². The Morgan fingerprint density at radius 1 is 1.60 bits per heavy atom. The van der Waals surface area contributed by atoms with Crippen molar-refractivity contribution < 1.29 is 14.3 Å². The number of Topliss-reactive ketones (excluding diaryl/α,β-unsaturated/α-hetero) is 1. The minimum absolute atomic E-state index is 0.0382. The van der Waals surface area contributed by atoms with Crippen molar-refractivity contribution >= 4 is 27.7 Å². The fraction of sp³-hybridized carbons (Fsp3) is 0.636. The Labute approximate surface area is 98.0 Å². The molecule has 0 spiro atoms. The average Bonchev–Trinajstić information content (AvgIpc) is 2.20. The zero-order valence-corrected chi connectivity index (χ0v) is 10.5. The molecule has 0 heterocycles. The van der Waals surface area contributed by atoms with Crippen LogP contribution in [0, 0.1) is 11.8 Å². The molecule has 2 unspecified atom stereocenters. The molecule has 0 aromatic rings. The van der Waals surface area contributed by atoms with Gasteiger partial charge in [0.05, 0.1) is 7.11 Å². The van der Waals surface area contributed by atoms with Gasteiger partial charge in [0.1, 0.15) is 11.7 Å². The van der Waals surface area contributed by atoms with Gasteiger partial charge in [-0.15, -0.1) is 0 Å². The van der Waals surface area contributed by atoms with Crippen LogP contribution in [-0.4, -0.2) is 18.9 Å². The molecule has 0 fully saturated rings. The number of carbonyl (C=O) groups is 2. The van der Waals surface area contributed by atoms with Gasteiger partial charge in [0.15, 0.2) is 0 Å². The lowest BCUT2D eigenvalue weighted by molar-refractivity contribution is -0.150. The van der Waals surface area contributed by atoms with Crippen molar-refractivity contribution in [1.82, 2.24) is 0 Å². The molecule has 0 N–H and O–H groups in total. The third-order valence-electron chi connectivity index (χ3n) is 2.71. The van der Waals surface area contributed by atoms with E-state index in [1.807, 2.05) is 6.08 Å². The molecule has 3 nitrogen and oxygen atoms in total. The molecule has 0 amide bonds. The fourth-order valence-electron chi connectivity index (χ4n) is 1.93. The highest BCUT2D eigenvalue weighted by molar-refractivity contribution is 9.11. The summed E-state index contributed by atoms with van der Waals surface area (Å²) in [4.78, 5) is 22.9. The molecule has 0 aromatic carbocycles. The van der Waals surface area contributed by atoms with Crippen LogP contribution in [0.15, 0.2) is 10.6 Å². The first-order valence-corrected chi connectivity index (χ1v) is 5.81. The summed E-state index contributed by atoms with van der Waals surface area (Å²) >= 11 is 3.42. The van der Waals surface area contributed by atoms with Crippen LogP contribution in [0.2, 0.25) is 0 Å². The number of hydrogen-bond acceptors (Lipinski definition) is 3. The lowest BCUT2D eigenvalue weighted by Gasteiger charge is -2.25. The monoisotopic (exact) mass is 274 g/mol. The summed E-state index contributed by atoms with van der Waals surface area (Å²) in [6.45, 7) is 1.44. The molecular weight excluding hydrogens is 260 g/mol. The second-order valence-corrected chi connectivity index (χ2v) is 4.65. The van der Waals surface area contributed by atoms with Gasteiger partial charge in [0.25, 0.3) is 0 Å². The van der Waals surface area contributed by atoms with Crippen LogP contribution in [0.1, 0.15) is 26.2 Å². The van der Waals surface area contributed by atoms with E-state index in [2.05, 4.69) is 20.7 Å². The van der Waals surface area contributed by atoms with E-state index in [4.69, 9.17) is 0 Å². The van der Waals surface area contributed by atoms with Gasteiger partial charge >= 0.3 is 5.97 Å². The molecule has 1 aliphatic carbocycles. The van der Waals surface area contributed by atoms with E-state index in [-0.39, 0.29) is 11.7 Å². The van der Waals surface area contributed by atoms with Gasteiger partial charge in [-0.1, -0.05) is 22.0 Å². The molecular formula is C11H15BrO3. The summed E-state index contributed by atoms with van der Waals surface area (Å²) in [7, 11) is 1.32. The number of rotatable bonds is 3. The predicted octanol–water partition coefficient (Wildman–Crippen LogP) is 2.44. The first-order chi connectivity index (χ1) is 7.07. The molecule has 84 valence electrons. The maximum Gasteiger partial charge on any atom is 0.316 e. The minimum atomic E-state index is -0.652. The van der Waals surface area contributed by atoms with Crippen LogP contribution in [-0.2, 0) is 14.3 Å². The number of allylic oxidation sites excluding steroid dienone is 2. The highest BCUT2D eigenvalue weighted by atomic mass is 79.9. The number of ketones is 1. The number of carbonyl (C=O) groups excluding carboxylic acids is 2. The molecule has 1 rings (SSSR count). The zero-order valence-electron chi connectivity index (χ0n) is 8.96. The molecule has 0 saturated carbocycles. The van der Waals surface area contributed by atoms with E-state index in [0.29, 0.717) is 0 Å². The first kappa shape index (κ1) is 12.4. The van der Waals surface area contributed by atoms with Gasteiger partial charge in [0, 0.05) is 5.92 Å². The molecule has 0 bridgehead atoms. The quantitative estimate of drug-likeness (QED) is 0.587. The second kappa shape index (κ2) is 5.45. The summed E-state index contributed by atoms with van der Waals surface area (Å²) in [5, 5.41) is 0. The van der Waals surface area contributed by atoms with Crippen LogP contribution in [0.4, 0.5) is 0 Å². The van der Waals surface area contributed by atoms with E-state index < -0.39 is 11.9 Å². The largest absolute Gasteiger partial charge is 0.468 e. The van der Waals surface area contributed by atoms with Crippen molar-refractivity contribution in [2.75, 3.05) is 7.11 Å². The van der Waals surface area contributed by atoms with Crippen LogP contribution >= 0.6 is 15.9 Å². The molecule has 15 heavy (non-hydrogen) atoms. The first-order valence-electron chi connectivity index (χ1n) is 5.01. The standard InChI is InChI=1S/C11H15BrO3/c1-7(13)10(11(14)15-2)8-5-3-4-6-9(8)12/h6,8,10H,3-5H2,1-2H3. The molecule has 0 aromatic heterocycles. The van der Waals surface area contributed by atoms with Gasteiger partial charge in [0.2, 0.25) is 0 Å². The molecule has 0 radical (unpaired) electrons. The Balaban J connectivity index is 2.88. The zero-order chi connectivity index (χ0) is 11.4. The summed E-state index contributed by atoms with van der Waals surface area (Å²) in [6.07, 6.45) is 4.91. The molecule has 1 aliphatic rings. The lowest BCUT2D eigenvalue weighted by Crippen LogP contribution is -2.32. The van der Waals surface area contributed by atoms with Crippen LogP contribution in [0.5, 0.6) is 0 Å². The summed E-state index contributed by atoms with van der Waals surface area (Å²) in [6, 6.07) is 0. The summed E-state index contributed by atoms with van der Waals surface area (Å²) < 4.78 is 5.63. The van der Waals surface area contributed by atoms with E-state index in [1.54, 1.807) is 0 Å². The van der Waals surface area contributed by atoms with E-state index in [9.17, 15) is 9.59 Å². The van der Waals surface area contributed by atoms with Crippen molar-refractivity contribution in [3.63, 3.8) is 0 Å². The van der Waals surface area contributed by atoms with Gasteiger partial charge in [-0.25, -0.2) is 0 Å². The molecule has 0 saturated heterocycles. The van der Waals surface area contributed by atoms with Crippen molar-refractivity contribution in [2.24, 2.45) is 11.8 Å². The topological polar surface area (TPSA) is 43.4 Å². The third kappa shape index (κ3) is 2.91. The highest BCUT2D eigenvalue weighted by Gasteiger charge is 2.35. The maximum absolute atomic E-state index is 11.5. The maximum atomic E-state index is 11.5. The van der Waals surface area contributed by atoms with Crippen LogP contribution in [0.3, 0.4) is 0 Å². The fourth-order valence-corrected chi connectivity index (χ4v) is 2.66. The predicted molar refractivity (Wildman–Crippen MR) is 60.5 cm³/mol. The van der Waals surface area contributed by atoms with Crippen molar-refractivity contribution in [3.05, 3.63) is 10.6 Å². The third-order valence-corrected chi connectivity index (χ3v) is 3.62. The summed E-state index contributed by atoms with van der Waals surface area (Å²) in [5.41, 5.74) is 0. The lowest BCUT2D eigenvalue weighted by atomic mass is 9.82. The Morgan fingerprint density at radius 3 is 2.73 bits per heavy atom. The highest BCUT2D eigenvalue weighted by Crippen LogP contribution is 2.35. The molecule has 2 atom stereocenters. The normalized spacial score (nSPS) is 22.9. The van der Waals surface area contributed by atoms with E-state index in [0.717, 1.165) is 23.7 Å².